The largest absolute Gasteiger partial charge is 0.444 e. The highest BCUT2D eigenvalue weighted by atomic mass is 32.2. The molecule has 1 aliphatic rings. The van der Waals surface area contributed by atoms with Gasteiger partial charge in [-0.3, -0.25) is 5.32 Å². The Morgan fingerprint density at radius 2 is 1.63 bits per heavy atom. The molecule has 7 heteroatoms. The highest BCUT2D eigenvalue weighted by molar-refractivity contribution is 7.89. The van der Waals surface area contributed by atoms with E-state index in [2.05, 4.69) is 5.32 Å². The molecule has 0 saturated heterocycles. The van der Waals surface area contributed by atoms with Crippen LogP contribution in [0.1, 0.15) is 16.7 Å². The zero-order chi connectivity index (χ0) is 21.0. The first-order valence-corrected chi connectivity index (χ1v) is 11.1. The van der Waals surface area contributed by atoms with Gasteiger partial charge >= 0.3 is 6.09 Å². The lowest BCUT2D eigenvalue weighted by Gasteiger charge is -2.28. The van der Waals surface area contributed by atoms with Crippen LogP contribution in [0.25, 0.3) is 0 Å². The lowest BCUT2D eigenvalue weighted by atomic mass is 10.0. The Balaban J connectivity index is 1.43. The highest BCUT2D eigenvalue weighted by Gasteiger charge is 2.28. The Kier molecular flexibility index (Phi) is 5.83. The van der Waals surface area contributed by atoms with Crippen LogP contribution in [-0.2, 0) is 34.3 Å². The van der Waals surface area contributed by atoms with E-state index in [4.69, 9.17) is 4.74 Å². The maximum Gasteiger partial charge on any atom is 0.411 e. The Hall–Kier alpha value is -3.16. The molecule has 0 unspecified atom stereocenters. The summed E-state index contributed by atoms with van der Waals surface area (Å²) in [7, 11) is -3.56. The van der Waals surface area contributed by atoms with Crippen molar-refractivity contribution in [1.82, 2.24) is 4.31 Å². The van der Waals surface area contributed by atoms with Gasteiger partial charge in [0.15, 0.2) is 0 Å². The van der Waals surface area contributed by atoms with Crippen molar-refractivity contribution in [3.63, 3.8) is 0 Å². The second-order valence-electron chi connectivity index (χ2n) is 7.07. The number of sulfonamides is 1. The van der Waals surface area contributed by atoms with Crippen LogP contribution >= 0.6 is 0 Å². The molecule has 0 aromatic heterocycles. The molecule has 1 aliphatic heterocycles. The lowest BCUT2D eigenvalue weighted by Crippen LogP contribution is -2.36. The molecule has 0 bridgehead atoms. The van der Waals surface area contributed by atoms with Gasteiger partial charge in [-0.2, -0.15) is 4.31 Å². The van der Waals surface area contributed by atoms with E-state index >= 15 is 0 Å². The summed E-state index contributed by atoms with van der Waals surface area (Å²) < 4.78 is 32.6. The molecule has 0 saturated carbocycles. The van der Waals surface area contributed by atoms with Gasteiger partial charge in [-0.15, -0.1) is 0 Å². The van der Waals surface area contributed by atoms with E-state index in [1.54, 1.807) is 30.3 Å². The number of amides is 1. The van der Waals surface area contributed by atoms with E-state index in [1.165, 1.54) is 4.31 Å². The van der Waals surface area contributed by atoms with Gasteiger partial charge in [0.1, 0.15) is 6.61 Å². The van der Waals surface area contributed by atoms with Crippen LogP contribution in [0.15, 0.2) is 83.8 Å². The molecule has 1 heterocycles. The molecule has 154 valence electrons. The van der Waals surface area contributed by atoms with Gasteiger partial charge in [-0.1, -0.05) is 54.6 Å². The summed E-state index contributed by atoms with van der Waals surface area (Å²) in [5, 5.41) is 2.72. The van der Waals surface area contributed by atoms with Crippen LogP contribution in [0.4, 0.5) is 10.5 Å². The van der Waals surface area contributed by atoms with E-state index < -0.39 is 16.1 Å². The number of benzene rings is 3. The fraction of sp³-hybridized carbons (Fsp3) is 0.174. The molecule has 0 atom stereocenters. The van der Waals surface area contributed by atoms with Crippen LogP contribution in [0.2, 0.25) is 0 Å². The van der Waals surface area contributed by atoms with Gasteiger partial charge in [0.05, 0.1) is 4.90 Å². The molecule has 3 aromatic carbocycles. The van der Waals surface area contributed by atoms with Crippen molar-refractivity contribution in [3.05, 3.63) is 95.6 Å². The number of anilines is 1. The number of hydrogen-bond donors (Lipinski definition) is 1. The normalized spacial score (nSPS) is 14.0. The first-order valence-electron chi connectivity index (χ1n) is 9.67. The maximum atomic E-state index is 12.9. The van der Waals surface area contributed by atoms with Crippen LogP contribution in [0, 0.1) is 0 Å². The third-order valence-corrected chi connectivity index (χ3v) is 6.88. The fourth-order valence-electron chi connectivity index (χ4n) is 3.43. The van der Waals surface area contributed by atoms with Crippen molar-refractivity contribution in [2.24, 2.45) is 0 Å². The summed E-state index contributed by atoms with van der Waals surface area (Å²) in [5.74, 6) is 0. The van der Waals surface area contributed by atoms with Crippen molar-refractivity contribution in [2.75, 3.05) is 11.9 Å². The monoisotopic (exact) mass is 422 g/mol. The third-order valence-electron chi connectivity index (χ3n) is 5.02. The molecule has 6 nitrogen and oxygen atoms in total. The quantitative estimate of drug-likeness (QED) is 0.669. The van der Waals surface area contributed by atoms with E-state index in [0.29, 0.717) is 18.7 Å². The summed E-state index contributed by atoms with van der Waals surface area (Å²) in [6.07, 6.45) is 0.0727. The summed E-state index contributed by atoms with van der Waals surface area (Å²) >= 11 is 0. The number of ether oxygens (including phenoxy) is 1. The number of hydrogen-bond acceptors (Lipinski definition) is 4. The lowest BCUT2D eigenvalue weighted by molar-refractivity contribution is 0.155. The Bertz CT molecular complexity index is 1130. The molecule has 0 aliphatic carbocycles. The van der Waals surface area contributed by atoms with Crippen molar-refractivity contribution >= 4 is 21.8 Å². The van der Waals surface area contributed by atoms with Crippen LogP contribution in [0.5, 0.6) is 0 Å². The van der Waals surface area contributed by atoms with Crippen LogP contribution < -0.4 is 5.32 Å². The molecule has 0 radical (unpaired) electrons. The standard InChI is InChI=1S/C23H22N2O4S/c26-23(29-17-18-7-3-1-4-8-18)24-21-12-11-19-13-14-25(16-20(19)15-21)30(27,28)22-9-5-2-6-10-22/h1-12,15H,13-14,16-17H2,(H,24,26). The van der Waals surface area contributed by atoms with Gasteiger partial charge in [0, 0.05) is 18.8 Å². The second-order valence-corrected chi connectivity index (χ2v) is 9.01. The minimum Gasteiger partial charge on any atom is -0.444 e. The van der Waals surface area contributed by atoms with Gasteiger partial charge < -0.3 is 4.74 Å². The van der Waals surface area contributed by atoms with Crippen molar-refractivity contribution in [3.8, 4) is 0 Å². The van der Waals surface area contributed by atoms with Gasteiger partial charge in [0.2, 0.25) is 10.0 Å². The van der Waals surface area contributed by atoms with E-state index in [0.717, 1.165) is 16.7 Å². The number of fused-ring (bicyclic) bond motifs is 1. The van der Waals surface area contributed by atoms with Crippen LogP contribution in [0.3, 0.4) is 0 Å². The molecule has 1 N–H and O–H groups in total. The first-order chi connectivity index (χ1) is 14.5. The van der Waals surface area contributed by atoms with Crippen LogP contribution in [-0.4, -0.2) is 25.4 Å². The predicted molar refractivity (Wildman–Crippen MR) is 114 cm³/mol. The molecule has 1 amide bonds. The van der Waals surface area contributed by atoms with Gasteiger partial charge in [-0.25, -0.2) is 13.2 Å². The zero-order valence-electron chi connectivity index (χ0n) is 16.3. The van der Waals surface area contributed by atoms with Gasteiger partial charge in [-0.05, 0) is 47.4 Å². The molecule has 30 heavy (non-hydrogen) atoms. The average molecular weight is 423 g/mol. The summed E-state index contributed by atoms with van der Waals surface area (Å²) in [4.78, 5) is 12.4. The maximum absolute atomic E-state index is 12.9. The van der Waals surface area contributed by atoms with E-state index in [9.17, 15) is 13.2 Å². The smallest absolute Gasteiger partial charge is 0.411 e. The van der Waals surface area contributed by atoms with Crippen molar-refractivity contribution < 1.29 is 17.9 Å². The van der Waals surface area contributed by atoms with E-state index in [-0.39, 0.29) is 18.0 Å². The Labute approximate surface area is 176 Å². The number of nitrogens with one attached hydrogen (secondary N) is 1. The SMILES string of the molecule is O=C(Nc1ccc2c(c1)CN(S(=O)(=O)c1ccccc1)CC2)OCc1ccccc1. The number of carbonyl (C=O) groups excluding carboxylic acids is 1. The van der Waals surface area contributed by atoms with Crippen molar-refractivity contribution in [1.29, 1.82) is 0 Å². The zero-order valence-corrected chi connectivity index (χ0v) is 17.1. The number of rotatable bonds is 5. The summed E-state index contributed by atoms with van der Waals surface area (Å²) in [6.45, 7) is 0.873. The third kappa shape index (κ3) is 4.53. The number of nitrogens with zero attached hydrogens (tertiary/aromatic N) is 1. The molecule has 0 fully saturated rings. The Morgan fingerprint density at radius 1 is 0.933 bits per heavy atom. The van der Waals surface area contributed by atoms with Crippen molar-refractivity contribution in [2.45, 2.75) is 24.5 Å². The minimum absolute atomic E-state index is 0.181. The first kappa shape index (κ1) is 20.1. The second kappa shape index (κ2) is 8.69. The molecular formula is C23H22N2O4S. The highest BCUT2D eigenvalue weighted by Crippen LogP contribution is 2.27. The minimum atomic E-state index is -3.56. The predicted octanol–water partition coefficient (Wildman–Crippen LogP) is 4.18. The molecule has 0 spiro atoms. The van der Waals surface area contributed by atoms with Gasteiger partial charge in [0.25, 0.3) is 0 Å². The van der Waals surface area contributed by atoms with E-state index in [1.807, 2.05) is 48.5 Å². The summed E-state index contributed by atoms with van der Waals surface area (Å²) in [5.41, 5.74) is 3.44. The number of carbonyl (C=O) groups is 1. The Morgan fingerprint density at radius 3 is 2.37 bits per heavy atom. The molecular weight excluding hydrogens is 400 g/mol. The topological polar surface area (TPSA) is 75.7 Å². The fourth-order valence-corrected chi connectivity index (χ4v) is 4.87. The summed E-state index contributed by atoms with van der Waals surface area (Å²) in [6, 6.07) is 23.4. The average Bonchev–Trinajstić information content (AvgIpc) is 2.78. The molecule has 4 rings (SSSR count). The molecule has 3 aromatic rings.